The molecule has 0 aliphatic rings. The lowest BCUT2D eigenvalue weighted by Gasteiger charge is -2.08. The summed E-state index contributed by atoms with van der Waals surface area (Å²) >= 11 is 5.87. The minimum Gasteiger partial charge on any atom is -0.251 e. The van der Waals surface area contributed by atoms with E-state index in [2.05, 4.69) is 19.9 Å². The second-order valence-corrected chi connectivity index (χ2v) is 5.40. The van der Waals surface area contributed by atoms with E-state index in [1.165, 1.54) is 12.3 Å². The highest BCUT2D eigenvalue weighted by molar-refractivity contribution is 6.29. The van der Waals surface area contributed by atoms with Crippen molar-refractivity contribution < 1.29 is 13.2 Å². The molecule has 8 heteroatoms. The molecule has 24 heavy (non-hydrogen) atoms. The van der Waals surface area contributed by atoms with E-state index in [4.69, 9.17) is 11.6 Å². The summed E-state index contributed by atoms with van der Waals surface area (Å²) in [5, 5.41) is 0.301. The Morgan fingerprint density at radius 2 is 1.75 bits per heavy atom. The number of hydrogen-bond donors (Lipinski definition) is 0. The molecule has 0 bridgehead atoms. The molecule has 0 atom stereocenters. The van der Waals surface area contributed by atoms with Crippen LogP contribution in [-0.2, 0) is 6.18 Å². The largest absolute Gasteiger partial charge is 0.433 e. The Hall–Kier alpha value is -2.54. The van der Waals surface area contributed by atoms with Crippen molar-refractivity contribution in [3.05, 3.63) is 59.3 Å². The van der Waals surface area contributed by atoms with Gasteiger partial charge in [-0.15, -0.1) is 0 Å². The number of pyridine rings is 2. The summed E-state index contributed by atoms with van der Waals surface area (Å²) in [4.78, 5) is 16.1. The average Bonchev–Trinajstić information content (AvgIpc) is 2.53. The number of alkyl halides is 3. The van der Waals surface area contributed by atoms with Crippen LogP contribution in [0.3, 0.4) is 0 Å². The maximum atomic E-state index is 12.6. The molecule has 0 N–H and O–H groups in total. The Labute approximate surface area is 140 Å². The first-order valence-corrected chi connectivity index (χ1v) is 7.22. The smallest absolute Gasteiger partial charge is 0.251 e. The third kappa shape index (κ3) is 3.51. The van der Waals surface area contributed by atoms with E-state index in [-0.39, 0.29) is 0 Å². The molecule has 3 aromatic rings. The van der Waals surface area contributed by atoms with E-state index in [1.807, 2.05) is 0 Å². The predicted molar refractivity (Wildman–Crippen MR) is 83.2 cm³/mol. The fourth-order valence-electron chi connectivity index (χ4n) is 2.10. The Morgan fingerprint density at radius 3 is 2.38 bits per heavy atom. The van der Waals surface area contributed by atoms with Gasteiger partial charge in [-0.3, -0.25) is 4.98 Å². The lowest BCUT2D eigenvalue weighted by atomic mass is 10.1. The second-order valence-electron chi connectivity index (χ2n) is 5.02. The molecule has 0 saturated carbocycles. The Balaban J connectivity index is 2.03. The Morgan fingerprint density at radius 1 is 0.958 bits per heavy atom. The maximum absolute atomic E-state index is 12.6. The molecule has 3 rings (SSSR count). The average molecular weight is 351 g/mol. The number of aryl methyl sites for hydroxylation is 1. The van der Waals surface area contributed by atoms with Crippen LogP contribution in [0.25, 0.3) is 22.6 Å². The van der Waals surface area contributed by atoms with Crippen LogP contribution in [0.2, 0.25) is 5.15 Å². The summed E-state index contributed by atoms with van der Waals surface area (Å²) in [7, 11) is 0. The van der Waals surface area contributed by atoms with Gasteiger partial charge in [-0.05, 0) is 37.3 Å². The molecule has 0 aliphatic carbocycles. The van der Waals surface area contributed by atoms with Crippen LogP contribution in [0.4, 0.5) is 13.2 Å². The van der Waals surface area contributed by atoms with E-state index >= 15 is 0 Å². The van der Waals surface area contributed by atoms with E-state index in [0.29, 0.717) is 33.5 Å². The van der Waals surface area contributed by atoms with Crippen molar-refractivity contribution in [2.24, 2.45) is 0 Å². The van der Waals surface area contributed by atoms with Crippen molar-refractivity contribution in [2.45, 2.75) is 13.1 Å². The van der Waals surface area contributed by atoms with Gasteiger partial charge in [-0.2, -0.15) is 13.2 Å². The Kier molecular flexibility index (Phi) is 4.19. The van der Waals surface area contributed by atoms with Crippen LogP contribution >= 0.6 is 11.6 Å². The van der Waals surface area contributed by atoms with E-state index in [9.17, 15) is 13.2 Å². The van der Waals surface area contributed by atoms with Gasteiger partial charge in [0.2, 0.25) is 0 Å². The summed E-state index contributed by atoms with van der Waals surface area (Å²) in [5.74, 6) is 0.411. The molecule has 3 aromatic heterocycles. The summed E-state index contributed by atoms with van der Waals surface area (Å²) in [6.07, 6.45) is -1.80. The molecule has 0 radical (unpaired) electrons. The minimum atomic E-state index is -4.47. The van der Waals surface area contributed by atoms with Crippen molar-refractivity contribution in [1.29, 1.82) is 0 Å². The first-order chi connectivity index (χ1) is 11.3. The number of halogens is 4. The van der Waals surface area contributed by atoms with Gasteiger partial charge in [0.05, 0.1) is 5.69 Å². The van der Waals surface area contributed by atoms with Crippen molar-refractivity contribution >= 4 is 11.6 Å². The molecule has 0 aliphatic heterocycles. The van der Waals surface area contributed by atoms with Gasteiger partial charge in [-0.25, -0.2) is 15.0 Å². The predicted octanol–water partition coefficient (Wildman–Crippen LogP) is 4.58. The van der Waals surface area contributed by atoms with Crippen LogP contribution in [0.1, 0.15) is 11.4 Å². The zero-order valence-corrected chi connectivity index (χ0v) is 13.1. The molecule has 0 spiro atoms. The van der Waals surface area contributed by atoms with Gasteiger partial charge in [-0.1, -0.05) is 11.6 Å². The van der Waals surface area contributed by atoms with E-state index < -0.39 is 11.9 Å². The van der Waals surface area contributed by atoms with Crippen LogP contribution < -0.4 is 0 Å². The third-order valence-corrected chi connectivity index (χ3v) is 3.40. The SMILES string of the molecule is Cc1cc(-c2ccc(C(F)(F)F)nc2)nc(-c2ccnc(Cl)c2)n1. The lowest BCUT2D eigenvalue weighted by molar-refractivity contribution is -0.141. The standard InChI is InChI=1S/C16H10ClF3N4/c1-9-6-12(11-2-3-13(22-8-11)16(18,19)20)24-15(23-9)10-4-5-21-14(17)7-10/h2-8H,1H3. The molecule has 3 heterocycles. The summed E-state index contributed by atoms with van der Waals surface area (Å²) in [5.41, 5.74) is 1.34. The number of hydrogen-bond acceptors (Lipinski definition) is 4. The van der Waals surface area contributed by atoms with Crippen LogP contribution in [0.15, 0.2) is 42.7 Å². The van der Waals surface area contributed by atoms with Gasteiger partial charge < -0.3 is 0 Å². The van der Waals surface area contributed by atoms with Crippen molar-refractivity contribution in [3.63, 3.8) is 0 Å². The topological polar surface area (TPSA) is 51.6 Å². The third-order valence-electron chi connectivity index (χ3n) is 3.19. The van der Waals surface area contributed by atoms with Gasteiger partial charge in [0, 0.05) is 29.2 Å². The van der Waals surface area contributed by atoms with Crippen LogP contribution in [0, 0.1) is 6.92 Å². The van der Waals surface area contributed by atoms with Crippen molar-refractivity contribution in [3.8, 4) is 22.6 Å². The van der Waals surface area contributed by atoms with Crippen LogP contribution in [0.5, 0.6) is 0 Å². The second kappa shape index (κ2) is 6.16. The first kappa shape index (κ1) is 16.3. The monoisotopic (exact) mass is 350 g/mol. The molecule has 122 valence electrons. The zero-order chi connectivity index (χ0) is 17.3. The van der Waals surface area contributed by atoms with Crippen LogP contribution in [-0.4, -0.2) is 19.9 Å². The fraction of sp³-hybridized carbons (Fsp3) is 0.125. The highest BCUT2D eigenvalue weighted by Crippen LogP contribution is 2.29. The maximum Gasteiger partial charge on any atom is 0.433 e. The summed E-state index contributed by atoms with van der Waals surface area (Å²) < 4.78 is 37.8. The molecule has 4 nitrogen and oxygen atoms in total. The Bertz CT molecular complexity index is 879. The molecule has 0 unspecified atom stereocenters. The van der Waals surface area contributed by atoms with Crippen molar-refractivity contribution in [1.82, 2.24) is 19.9 Å². The zero-order valence-electron chi connectivity index (χ0n) is 12.3. The van der Waals surface area contributed by atoms with E-state index in [0.717, 1.165) is 12.3 Å². The highest BCUT2D eigenvalue weighted by atomic mass is 35.5. The summed E-state index contributed by atoms with van der Waals surface area (Å²) in [6.45, 7) is 1.77. The molecule has 0 aromatic carbocycles. The molecule has 0 amide bonds. The number of aromatic nitrogens is 4. The lowest BCUT2D eigenvalue weighted by Crippen LogP contribution is -2.07. The van der Waals surface area contributed by atoms with Gasteiger partial charge in [0.1, 0.15) is 10.8 Å². The number of rotatable bonds is 2. The molecular formula is C16H10ClF3N4. The van der Waals surface area contributed by atoms with E-state index in [1.54, 1.807) is 25.1 Å². The normalized spacial score (nSPS) is 11.5. The molecule has 0 fully saturated rings. The van der Waals surface area contributed by atoms with Gasteiger partial charge in [0.25, 0.3) is 0 Å². The minimum absolute atomic E-state index is 0.301. The van der Waals surface area contributed by atoms with Gasteiger partial charge >= 0.3 is 6.18 Å². The van der Waals surface area contributed by atoms with Gasteiger partial charge in [0.15, 0.2) is 5.82 Å². The fourth-order valence-corrected chi connectivity index (χ4v) is 2.27. The highest BCUT2D eigenvalue weighted by Gasteiger charge is 2.32. The summed E-state index contributed by atoms with van der Waals surface area (Å²) in [6, 6.07) is 7.26. The number of nitrogens with zero attached hydrogens (tertiary/aromatic N) is 4. The van der Waals surface area contributed by atoms with Crippen molar-refractivity contribution in [2.75, 3.05) is 0 Å². The first-order valence-electron chi connectivity index (χ1n) is 6.84. The molecule has 0 saturated heterocycles. The molecular weight excluding hydrogens is 341 g/mol. The quantitative estimate of drug-likeness (QED) is 0.635.